The number of fused-ring (bicyclic) bond motifs is 1. The summed E-state index contributed by atoms with van der Waals surface area (Å²) in [4.78, 5) is 6.69. The Bertz CT molecular complexity index is 1200. The average molecular weight is 458 g/mol. The van der Waals surface area contributed by atoms with Gasteiger partial charge in [-0.05, 0) is 18.2 Å². The van der Waals surface area contributed by atoms with Crippen LogP contribution in [0.2, 0.25) is 5.15 Å². The Kier molecular flexibility index (Phi) is 5.06. The standard InChI is InChI=1S/C16H10ClF6N3O2S/c1-2-29(27,28)10-5-9(16(21,22)23)7-24-12(10)13-14(17)26-4-3-8(15(18,19)20)6-11(26)25-13/h3-7H,2H2,1H3. The van der Waals surface area contributed by atoms with Gasteiger partial charge in [0.2, 0.25) is 0 Å². The monoisotopic (exact) mass is 457 g/mol. The van der Waals surface area contributed by atoms with Gasteiger partial charge in [-0.1, -0.05) is 18.5 Å². The molecule has 0 saturated carbocycles. The van der Waals surface area contributed by atoms with Gasteiger partial charge in [0, 0.05) is 12.4 Å². The van der Waals surface area contributed by atoms with Gasteiger partial charge in [-0.25, -0.2) is 13.4 Å². The molecular weight excluding hydrogens is 448 g/mol. The molecular formula is C16H10ClF6N3O2S. The quantitative estimate of drug-likeness (QED) is 0.526. The van der Waals surface area contributed by atoms with Gasteiger partial charge in [0.15, 0.2) is 9.84 Å². The summed E-state index contributed by atoms with van der Waals surface area (Å²) in [6.07, 6.45) is -8.14. The minimum Gasteiger partial charge on any atom is -0.290 e. The number of hydrogen-bond donors (Lipinski definition) is 0. The zero-order valence-electron chi connectivity index (χ0n) is 14.3. The zero-order chi connectivity index (χ0) is 21.8. The second kappa shape index (κ2) is 6.87. The number of halogens is 7. The first-order valence-electron chi connectivity index (χ1n) is 7.81. The minimum absolute atomic E-state index is 0.277. The molecule has 0 aliphatic carbocycles. The summed E-state index contributed by atoms with van der Waals surface area (Å²) in [6, 6.07) is 1.81. The van der Waals surface area contributed by atoms with E-state index in [-0.39, 0.29) is 16.5 Å². The number of rotatable bonds is 3. The summed E-state index contributed by atoms with van der Waals surface area (Å²) in [5, 5.41) is -0.298. The topological polar surface area (TPSA) is 64.3 Å². The average Bonchev–Trinajstić information content (AvgIpc) is 2.96. The molecule has 0 N–H and O–H groups in total. The minimum atomic E-state index is -4.85. The Balaban J connectivity index is 2.30. The molecule has 3 heterocycles. The van der Waals surface area contributed by atoms with E-state index in [0.29, 0.717) is 18.3 Å². The number of alkyl halides is 6. The Labute approximate surface area is 164 Å². The Morgan fingerprint density at radius 3 is 2.21 bits per heavy atom. The fraction of sp³-hybridized carbons (Fsp3) is 0.250. The lowest BCUT2D eigenvalue weighted by Gasteiger charge is -2.11. The Morgan fingerprint density at radius 1 is 1.03 bits per heavy atom. The third kappa shape index (κ3) is 3.90. The van der Waals surface area contributed by atoms with Crippen LogP contribution < -0.4 is 0 Å². The van der Waals surface area contributed by atoms with Crippen LogP contribution in [0.15, 0.2) is 35.5 Å². The lowest BCUT2D eigenvalue weighted by atomic mass is 10.2. The van der Waals surface area contributed by atoms with E-state index in [4.69, 9.17) is 11.6 Å². The maximum atomic E-state index is 13.0. The third-order valence-corrected chi connectivity index (χ3v) is 6.12. The van der Waals surface area contributed by atoms with Crippen LogP contribution in [0, 0.1) is 0 Å². The summed E-state index contributed by atoms with van der Waals surface area (Å²) in [6.45, 7) is 1.22. The van der Waals surface area contributed by atoms with Gasteiger partial charge in [0.05, 0.1) is 21.8 Å². The van der Waals surface area contributed by atoms with Crippen LogP contribution >= 0.6 is 11.6 Å². The zero-order valence-corrected chi connectivity index (χ0v) is 15.9. The van der Waals surface area contributed by atoms with E-state index >= 15 is 0 Å². The van der Waals surface area contributed by atoms with Gasteiger partial charge in [0.25, 0.3) is 0 Å². The molecule has 0 bridgehead atoms. The van der Waals surface area contributed by atoms with Gasteiger partial charge in [-0.2, -0.15) is 26.3 Å². The van der Waals surface area contributed by atoms with Crippen molar-refractivity contribution in [3.8, 4) is 11.4 Å². The van der Waals surface area contributed by atoms with Gasteiger partial charge < -0.3 is 0 Å². The highest BCUT2D eigenvalue weighted by molar-refractivity contribution is 7.91. The van der Waals surface area contributed by atoms with E-state index in [1.165, 1.54) is 6.92 Å². The molecule has 0 unspecified atom stereocenters. The fourth-order valence-electron chi connectivity index (χ4n) is 2.51. The molecule has 0 atom stereocenters. The van der Waals surface area contributed by atoms with Crippen molar-refractivity contribution in [3.05, 3.63) is 46.9 Å². The molecule has 0 saturated heterocycles. The lowest BCUT2D eigenvalue weighted by molar-refractivity contribution is -0.138. The molecule has 3 aromatic rings. The van der Waals surface area contributed by atoms with E-state index in [0.717, 1.165) is 16.7 Å². The number of hydrogen-bond acceptors (Lipinski definition) is 4. The van der Waals surface area contributed by atoms with Crippen molar-refractivity contribution in [1.82, 2.24) is 14.4 Å². The number of aromatic nitrogens is 3. The molecule has 0 amide bonds. The van der Waals surface area contributed by atoms with Crippen LogP contribution in [0.25, 0.3) is 17.0 Å². The van der Waals surface area contributed by atoms with Crippen LogP contribution in [0.1, 0.15) is 18.1 Å². The maximum Gasteiger partial charge on any atom is 0.417 e. The molecule has 3 rings (SSSR count). The lowest BCUT2D eigenvalue weighted by Crippen LogP contribution is -2.12. The largest absolute Gasteiger partial charge is 0.417 e. The molecule has 3 aromatic heterocycles. The van der Waals surface area contributed by atoms with Gasteiger partial charge in [0.1, 0.15) is 22.2 Å². The number of nitrogens with zero attached hydrogens (tertiary/aromatic N) is 3. The smallest absolute Gasteiger partial charge is 0.290 e. The highest BCUT2D eigenvalue weighted by atomic mass is 35.5. The van der Waals surface area contributed by atoms with Gasteiger partial charge in [-0.15, -0.1) is 0 Å². The highest BCUT2D eigenvalue weighted by Crippen LogP contribution is 2.37. The van der Waals surface area contributed by atoms with Crippen molar-refractivity contribution in [1.29, 1.82) is 0 Å². The normalized spacial score (nSPS) is 13.2. The third-order valence-electron chi connectivity index (χ3n) is 4.01. The molecule has 0 radical (unpaired) electrons. The van der Waals surface area contributed by atoms with Crippen molar-refractivity contribution in [2.75, 3.05) is 5.75 Å². The number of imidazole rings is 1. The second-order valence-electron chi connectivity index (χ2n) is 5.86. The molecule has 0 aliphatic heterocycles. The van der Waals surface area contributed by atoms with Crippen LogP contribution in [-0.4, -0.2) is 28.5 Å². The molecule has 29 heavy (non-hydrogen) atoms. The molecule has 0 spiro atoms. The second-order valence-corrected chi connectivity index (χ2v) is 8.47. The maximum absolute atomic E-state index is 13.0. The molecule has 0 aromatic carbocycles. The molecule has 0 aliphatic rings. The molecule has 13 heteroatoms. The summed E-state index contributed by atoms with van der Waals surface area (Å²) in [7, 11) is -4.20. The van der Waals surface area contributed by atoms with E-state index in [9.17, 15) is 34.8 Å². The first-order chi connectivity index (χ1) is 13.3. The van der Waals surface area contributed by atoms with E-state index < -0.39 is 49.7 Å². The summed E-state index contributed by atoms with van der Waals surface area (Å²) in [5.41, 5.74) is -3.44. The number of sulfone groups is 1. The predicted octanol–water partition coefficient (Wildman–Crippen LogP) is 4.88. The number of pyridine rings is 2. The van der Waals surface area contributed by atoms with Crippen LogP contribution in [0.5, 0.6) is 0 Å². The summed E-state index contributed by atoms with van der Waals surface area (Å²) < 4.78 is 103. The summed E-state index contributed by atoms with van der Waals surface area (Å²) in [5.74, 6) is -0.536. The first-order valence-corrected chi connectivity index (χ1v) is 9.84. The van der Waals surface area contributed by atoms with Crippen molar-refractivity contribution in [2.45, 2.75) is 24.2 Å². The van der Waals surface area contributed by atoms with Crippen LogP contribution in [0.3, 0.4) is 0 Å². The van der Waals surface area contributed by atoms with Crippen molar-refractivity contribution < 1.29 is 34.8 Å². The highest BCUT2D eigenvalue weighted by Gasteiger charge is 2.35. The van der Waals surface area contributed by atoms with Gasteiger partial charge >= 0.3 is 12.4 Å². The molecule has 5 nitrogen and oxygen atoms in total. The van der Waals surface area contributed by atoms with E-state index in [2.05, 4.69) is 9.97 Å². The fourth-order valence-corrected chi connectivity index (χ4v) is 3.85. The van der Waals surface area contributed by atoms with Crippen molar-refractivity contribution >= 4 is 27.1 Å². The van der Waals surface area contributed by atoms with Crippen LogP contribution in [0.4, 0.5) is 26.3 Å². The van der Waals surface area contributed by atoms with E-state index in [1.807, 2.05) is 0 Å². The predicted molar refractivity (Wildman–Crippen MR) is 91.2 cm³/mol. The molecule has 0 fully saturated rings. The van der Waals surface area contributed by atoms with Gasteiger partial charge in [-0.3, -0.25) is 9.38 Å². The Hall–Kier alpha value is -2.34. The SMILES string of the molecule is CCS(=O)(=O)c1cc(C(F)(F)F)cnc1-c1nc2cc(C(F)(F)F)ccn2c1Cl. The van der Waals surface area contributed by atoms with Crippen LogP contribution in [-0.2, 0) is 22.2 Å². The summed E-state index contributed by atoms with van der Waals surface area (Å²) >= 11 is 6.12. The van der Waals surface area contributed by atoms with E-state index in [1.54, 1.807) is 0 Å². The first kappa shape index (κ1) is 21.4. The van der Waals surface area contributed by atoms with Crippen molar-refractivity contribution in [2.24, 2.45) is 0 Å². The molecule has 156 valence electrons. The van der Waals surface area contributed by atoms with Crippen molar-refractivity contribution in [3.63, 3.8) is 0 Å². The Morgan fingerprint density at radius 2 is 1.66 bits per heavy atom.